The van der Waals surface area contributed by atoms with E-state index in [1.165, 1.54) is 103 Å². The molecule has 4 aliphatic rings. The van der Waals surface area contributed by atoms with Crippen molar-refractivity contribution >= 4 is 0 Å². The van der Waals surface area contributed by atoms with Crippen molar-refractivity contribution in [3.05, 3.63) is 0 Å². The number of nitrogens with zero attached hydrogens (tertiary/aromatic N) is 2. The Morgan fingerprint density at radius 3 is 1.25 bits per heavy atom. The summed E-state index contributed by atoms with van der Waals surface area (Å²) in [5, 5.41) is 0. The van der Waals surface area contributed by atoms with Crippen molar-refractivity contribution in [1.29, 1.82) is 0 Å². The van der Waals surface area contributed by atoms with Crippen LogP contribution in [-0.4, -0.2) is 48.1 Å². The van der Waals surface area contributed by atoms with E-state index in [1.54, 1.807) is 0 Å². The van der Waals surface area contributed by atoms with Gasteiger partial charge in [0.2, 0.25) is 0 Å². The molecule has 4 fully saturated rings. The molecule has 0 atom stereocenters. The highest BCUT2D eigenvalue weighted by Crippen LogP contribution is 2.27. The van der Waals surface area contributed by atoms with Gasteiger partial charge in [0.1, 0.15) is 0 Å². The zero-order valence-corrected chi connectivity index (χ0v) is 13.4. The highest BCUT2D eigenvalue weighted by Gasteiger charge is 2.25. The van der Waals surface area contributed by atoms with Crippen molar-refractivity contribution in [2.45, 2.75) is 89.1 Å². The van der Waals surface area contributed by atoms with Crippen LogP contribution in [0.15, 0.2) is 0 Å². The van der Waals surface area contributed by atoms with Gasteiger partial charge in [0.25, 0.3) is 0 Å². The Labute approximate surface area is 125 Å². The molecule has 0 N–H and O–H groups in total. The Balaban J connectivity index is 0.000000121. The minimum absolute atomic E-state index is 0.988. The molecule has 2 nitrogen and oxygen atoms in total. The first-order valence-electron chi connectivity index (χ1n) is 9.41. The molecule has 4 rings (SSSR count). The smallest absolute Gasteiger partial charge is 0.00952 e. The highest BCUT2D eigenvalue weighted by atomic mass is 15.2. The number of rotatable bonds is 2. The molecule has 2 aliphatic carbocycles. The summed E-state index contributed by atoms with van der Waals surface area (Å²) in [7, 11) is 0. The largest absolute Gasteiger partial charge is 0.300 e. The van der Waals surface area contributed by atoms with Gasteiger partial charge >= 0.3 is 0 Å². The number of hydrogen-bond acceptors (Lipinski definition) is 2. The van der Waals surface area contributed by atoms with Crippen LogP contribution in [0.4, 0.5) is 0 Å². The fraction of sp³-hybridized carbons (Fsp3) is 1.00. The predicted octanol–water partition coefficient (Wildman–Crippen LogP) is 4.05. The van der Waals surface area contributed by atoms with E-state index in [0.717, 1.165) is 12.1 Å². The average Bonchev–Trinajstić information content (AvgIpc) is 2.38. The Morgan fingerprint density at radius 2 is 0.850 bits per heavy atom. The SMILES string of the molecule is C1CCC(N2CCC2)CC1.C1CCN(C2CCC2)CC1. The molecule has 0 radical (unpaired) electrons. The van der Waals surface area contributed by atoms with Crippen LogP contribution in [0.25, 0.3) is 0 Å². The van der Waals surface area contributed by atoms with E-state index in [2.05, 4.69) is 9.80 Å². The van der Waals surface area contributed by atoms with Crippen LogP contribution >= 0.6 is 0 Å². The first kappa shape index (κ1) is 14.8. The second-order valence-electron chi connectivity index (χ2n) is 7.36. The minimum Gasteiger partial charge on any atom is -0.300 e. The lowest BCUT2D eigenvalue weighted by Crippen LogP contribution is -2.45. The third kappa shape index (κ3) is 3.98. The summed E-state index contributed by atoms with van der Waals surface area (Å²) in [4.78, 5) is 5.37. The summed E-state index contributed by atoms with van der Waals surface area (Å²) in [5.41, 5.74) is 0. The summed E-state index contributed by atoms with van der Waals surface area (Å²) in [6, 6.07) is 1.99. The summed E-state index contributed by atoms with van der Waals surface area (Å²) >= 11 is 0. The zero-order valence-electron chi connectivity index (χ0n) is 13.4. The lowest BCUT2D eigenvalue weighted by molar-refractivity contribution is 0.0913. The van der Waals surface area contributed by atoms with Crippen molar-refractivity contribution < 1.29 is 0 Å². The molecule has 2 aliphatic heterocycles. The molecule has 0 aromatic carbocycles. The molecule has 0 aromatic heterocycles. The lowest BCUT2D eigenvalue weighted by Gasteiger charge is -2.40. The molecule has 0 bridgehead atoms. The number of piperidine rings is 1. The van der Waals surface area contributed by atoms with Gasteiger partial charge in [0.05, 0.1) is 0 Å². The van der Waals surface area contributed by atoms with Crippen molar-refractivity contribution in [3.63, 3.8) is 0 Å². The van der Waals surface area contributed by atoms with Gasteiger partial charge in [-0.05, 0) is 71.1 Å². The van der Waals surface area contributed by atoms with E-state index in [-0.39, 0.29) is 0 Å². The van der Waals surface area contributed by atoms with Crippen LogP contribution in [0.3, 0.4) is 0 Å². The third-order valence-electron chi connectivity index (χ3n) is 5.96. The molecule has 0 aromatic rings. The average molecular weight is 278 g/mol. The van der Waals surface area contributed by atoms with E-state index >= 15 is 0 Å². The van der Waals surface area contributed by atoms with Gasteiger partial charge in [-0.3, -0.25) is 0 Å². The second kappa shape index (κ2) is 7.79. The molecule has 2 heteroatoms. The summed E-state index contributed by atoms with van der Waals surface area (Å²) in [6.45, 7) is 5.57. The van der Waals surface area contributed by atoms with Gasteiger partial charge in [0.15, 0.2) is 0 Å². The van der Waals surface area contributed by atoms with Crippen LogP contribution in [0.5, 0.6) is 0 Å². The standard InChI is InChI=1S/2C9H17N/c1-2-7-10(8-3-1)9-5-4-6-9;1-2-5-9(6-3-1)10-7-4-8-10/h2*9H,1-8H2. The van der Waals surface area contributed by atoms with Crippen LogP contribution in [0.2, 0.25) is 0 Å². The fourth-order valence-corrected chi connectivity index (χ4v) is 4.19. The number of hydrogen-bond donors (Lipinski definition) is 0. The van der Waals surface area contributed by atoms with Crippen molar-refractivity contribution in [3.8, 4) is 0 Å². The molecular weight excluding hydrogens is 244 g/mol. The van der Waals surface area contributed by atoms with Crippen molar-refractivity contribution in [2.75, 3.05) is 26.2 Å². The molecule has 20 heavy (non-hydrogen) atoms. The monoisotopic (exact) mass is 278 g/mol. The van der Waals surface area contributed by atoms with Crippen molar-refractivity contribution in [2.24, 2.45) is 0 Å². The van der Waals surface area contributed by atoms with Gasteiger partial charge in [-0.25, -0.2) is 0 Å². The van der Waals surface area contributed by atoms with Crippen LogP contribution < -0.4 is 0 Å². The van der Waals surface area contributed by atoms with Gasteiger partial charge in [-0.1, -0.05) is 32.1 Å². The van der Waals surface area contributed by atoms with E-state index in [0.29, 0.717) is 0 Å². The van der Waals surface area contributed by atoms with Crippen molar-refractivity contribution in [1.82, 2.24) is 9.80 Å². The Kier molecular flexibility index (Phi) is 5.78. The van der Waals surface area contributed by atoms with Crippen LogP contribution in [-0.2, 0) is 0 Å². The zero-order chi connectivity index (χ0) is 13.6. The normalized spacial score (nSPS) is 30.0. The first-order chi connectivity index (χ1) is 9.93. The third-order valence-corrected chi connectivity index (χ3v) is 5.96. The van der Waals surface area contributed by atoms with Crippen LogP contribution in [0, 0.1) is 0 Å². The van der Waals surface area contributed by atoms with Gasteiger partial charge in [0, 0.05) is 12.1 Å². The van der Waals surface area contributed by atoms with Crippen LogP contribution in [0.1, 0.15) is 77.0 Å². The lowest BCUT2D eigenvalue weighted by atomic mass is 9.90. The van der Waals surface area contributed by atoms with Gasteiger partial charge in [-0.2, -0.15) is 0 Å². The fourth-order valence-electron chi connectivity index (χ4n) is 4.19. The van der Waals surface area contributed by atoms with E-state index in [1.807, 2.05) is 0 Å². The molecule has 0 amide bonds. The Morgan fingerprint density at radius 1 is 0.400 bits per heavy atom. The van der Waals surface area contributed by atoms with E-state index < -0.39 is 0 Å². The molecule has 116 valence electrons. The minimum atomic E-state index is 0.988. The van der Waals surface area contributed by atoms with E-state index in [9.17, 15) is 0 Å². The quantitative estimate of drug-likeness (QED) is 0.752. The predicted molar refractivity (Wildman–Crippen MR) is 86.1 cm³/mol. The molecule has 2 saturated heterocycles. The molecule has 2 heterocycles. The Bertz CT molecular complexity index is 231. The van der Waals surface area contributed by atoms with E-state index in [4.69, 9.17) is 0 Å². The maximum absolute atomic E-state index is 2.70. The molecule has 2 saturated carbocycles. The summed E-state index contributed by atoms with van der Waals surface area (Å²) < 4.78 is 0. The highest BCUT2D eigenvalue weighted by molar-refractivity contribution is 4.81. The van der Waals surface area contributed by atoms with Gasteiger partial charge in [-0.15, -0.1) is 0 Å². The maximum atomic E-state index is 2.70. The summed E-state index contributed by atoms with van der Waals surface area (Å²) in [5.74, 6) is 0. The first-order valence-corrected chi connectivity index (χ1v) is 9.41. The summed E-state index contributed by atoms with van der Waals surface area (Å²) in [6.07, 6.45) is 17.7. The second-order valence-corrected chi connectivity index (χ2v) is 7.36. The molecule has 0 unspecified atom stereocenters. The van der Waals surface area contributed by atoms with Gasteiger partial charge < -0.3 is 9.80 Å². The Hall–Kier alpha value is -0.0800. The molecule has 0 spiro atoms. The number of likely N-dealkylation sites (tertiary alicyclic amines) is 2. The topological polar surface area (TPSA) is 6.48 Å². The maximum Gasteiger partial charge on any atom is 0.00952 e. The molecular formula is C18H34N2.